The van der Waals surface area contributed by atoms with Crippen LogP contribution < -0.4 is 10.6 Å². The van der Waals surface area contributed by atoms with Crippen LogP contribution in [-0.2, 0) is 18.4 Å². The maximum atomic E-state index is 11.8. The summed E-state index contributed by atoms with van der Waals surface area (Å²) in [5.41, 5.74) is 1.35. The molecule has 1 aromatic carbocycles. The van der Waals surface area contributed by atoms with Crippen LogP contribution >= 0.6 is 0 Å². The van der Waals surface area contributed by atoms with Crippen molar-refractivity contribution in [1.29, 1.82) is 0 Å². The van der Waals surface area contributed by atoms with E-state index in [-0.39, 0.29) is 0 Å². The summed E-state index contributed by atoms with van der Waals surface area (Å²) in [6.45, 7) is 0.325. The molecular weight excluding hydrogens is 272 g/mol. The van der Waals surface area contributed by atoms with Gasteiger partial charge in [-0.25, -0.2) is 9.59 Å². The molecule has 0 aliphatic carbocycles. The van der Waals surface area contributed by atoms with Gasteiger partial charge in [0.1, 0.15) is 0 Å². The van der Waals surface area contributed by atoms with E-state index in [2.05, 4.69) is 15.7 Å². The van der Waals surface area contributed by atoms with Crippen LogP contribution in [0.1, 0.15) is 17.2 Å². The van der Waals surface area contributed by atoms with Crippen LogP contribution in [0.25, 0.3) is 0 Å². The highest BCUT2D eigenvalue weighted by atomic mass is 16.4. The van der Waals surface area contributed by atoms with Crippen molar-refractivity contribution in [3.63, 3.8) is 0 Å². The maximum absolute atomic E-state index is 11.8. The molecular formula is C14H16N4O3. The number of carboxylic acid groups (broad SMARTS) is 1. The molecule has 1 heterocycles. The molecule has 3 N–H and O–H groups in total. The van der Waals surface area contributed by atoms with Gasteiger partial charge >= 0.3 is 12.0 Å². The second kappa shape index (κ2) is 6.56. The number of hydrogen-bond donors (Lipinski definition) is 3. The molecule has 0 saturated carbocycles. The van der Waals surface area contributed by atoms with Crippen LogP contribution in [0.4, 0.5) is 4.79 Å². The van der Waals surface area contributed by atoms with E-state index in [1.165, 1.54) is 10.9 Å². The molecule has 1 aromatic heterocycles. The molecule has 0 bridgehead atoms. The third-order valence-corrected chi connectivity index (χ3v) is 2.88. The van der Waals surface area contributed by atoms with Gasteiger partial charge < -0.3 is 15.7 Å². The smallest absolute Gasteiger partial charge is 0.331 e. The lowest BCUT2D eigenvalue weighted by molar-refractivity contribution is -0.139. The van der Waals surface area contributed by atoms with Gasteiger partial charge in [0.2, 0.25) is 0 Å². The highest BCUT2D eigenvalue weighted by Crippen LogP contribution is 2.11. The molecule has 0 fully saturated rings. The molecule has 0 saturated heterocycles. The van der Waals surface area contributed by atoms with E-state index in [4.69, 9.17) is 0 Å². The van der Waals surface area contributed by atoms with Gasteiger partial charge in [-0.3, -0.25) is 4.68 Å². The number of rotatable bonds is 5. The normalized spacial score (nSPS) is 11.7. The first-order valence-electron chi connectivity index (χ1n) is 6.36. The summed E-state index contributed by atoms with van der Waals surface area (Å²) in [7, 11) is 1.68. The highest BCUT2D eigenvalue weighted by molar-refractivity contribution is 5.83. The molecule has 2 amide bonds. The molecule has 1 unspecified atom stereocenters. The van der Waals surface area contributed by atoms with Gasteiger partial charge in [0, 0.05) is 25.4 Å². The van der Waals surface area contributed by atoms with Gasteiger partial charge in [0.25, 0.3) is 0 Å². The van der Waals surface area contributed by atoms with Crippen molar-refractivity contribution in [1.82, 2.24) is 20.4 Å². The van der Waals surface area contributed by atoms with Gasteiger partial charge in [0.15, 0.2) is 6.04 Å². The zero-order chi connectivity index (χ0) is 15.2. The number of benzene rings is 1. The molecule has 2 rings (SSSR count). The van der Waals surface area contributed by atoms with Crippen LogP contribution in [-0.4, -0.2) is 26.9 Å². The van der Waals surface area contributed by atoms with Crippen LogP contribution in [0.5, 0.6) is 0 Å². The lowest BCUT2D eigenvalue weighted by Gasteiger charge is -2.13. The molecule has 0 radical (unpaired) electrons. The highest BCUT2D eigenvalue weighted by Gasteiger charge is 2.23. The lowest BCUT2D eigenvalue weighted by Crippen LogP contribution is -2.40. The average molecular weight is 288 g/mol. The number of nitrogens with one attached hydrogen (secondary N) is 2. The Morgan fingerprint density at radius 1 is 1.33 bits per heavy atom. The topological polar surface area (TPSA) is 96.2 Å². The Bertz CT molecular complexity index is 624. The Morgan fingerprint density at radius 3 is 2.62 bits per heavy atom. The van der Waals surface area contributed by atoms with Crippen LogP contribution in [0, 0.1) is 0 Å². The fraction of sp³-hybridized carbons (Fsp3) is 0.214. The summed E-state index contributed by atoms with van der Waals surface area (Å²) in [4.78, 5) is 23.0. The first-order chi connectivity index (χ1) is 10.1. The quantitative estimate of drug-likeness (QED) is 0.766. The summed E-state index contributed by atoms with van der Waals surface area (Å²) >= 11 is 0. The minimum atomic E-state index is -1.14. The standard InChI is InChI=1S/C14H16N4O3/c1-18-9-11(8-16-18)12(13(19)20)17-14(21)15-7-10-5-3-2-4-6-10/h2-6,8-9,12H,7H2,1H3,(H,19,20)(H2,15,17,21). The van der Waals surface area contributed by atoms with Gasteiger partial charge in [-0.2, -0.15) is 5.10 Å². The number of carbonyl (C=O) groups is 2. The SMILES string of the molecule is Cn1cc(C(NC(=O)NCc2ccccc2)C(=O)O)cn1. The van der Waals surface area contributed by atoms with E-state index >= 15 is 0 Å². The third kappa shape index (κ3) is 4.07. The maximum Gasteiger partial charge on any atom is 0.331 e. The third-order valence-electron chi connectivity index (χ3n) is 2.88. The largest absolute Gasteiger partial charge is 0.479 e. The Morgan fingerprint density at radius 2 is 2.05 bits per heavy atom. The summed E-state index contributed by atoms with van der Waals surface area (Å²) < 4.78 is 1.48. The first kappa shape index (κ1) is 14.6. The van der Waals surface area contributed by atoms with Crippen molar-refractivity contribution in [3.05, 3.63) is 53.9 Å². The molecule has 0 aliphatic heterocycles. The Balaban J connectivity index is 1.94. The number of amides is 2. The zero-order valence-corrected chi connectivity index (χ0v) is 11.5. The number of aliphatic carboxylic acids is 1. The fourth-order valence-electron chi connectivity index (χ4n) is 1.84. The predicted octanol–water partition coefficient (Wildman–Crippen LogP) is 1.05. The summed E-state index contributed by atoms with van der Waals surface area (Å²) in [6, 6.07) is 7.68. The van der Waals surface area contributed by atoms with Crippen molar-refractivity contribution >= 4 is 12.0 Å². The average Bonchev–Trinajstić information content (AvgIpc) is 2.89. The Kier molecular flexibility index (Phi) is 4.55. The van der Waals surface area contributed by atoms with Crippen LogP contribution in [0.15, 0.2) is 42.7 Å². The van der Waals surface area contributed by atoms with Crippen molar-refractivity contribution < 1.29 is 14.7 Å². The van der Waals surface area contributed by atoms with E-state index in [9.17, 15) is 14.7 Å². The number of aryl methyl sites for hydroxylation is 1. The molecule has 0 aliphatic rings. The van der Waals surface area contributed by atoms with Crippen LogP contribution in [0.3, 0.4) is 0 Å². The number of urea groups is 1. The number of nitrogens with zero attached hydrogens (tertiary/aromatic N) is 2. The van der Waals surface area contributed by atoms with Crippen LogP contribution in [0.2, 0.25) is 0 Å². The summed E-state index contributed by atoms with van der Waals surface area (Å²) in [6.07, 6.45) is 2.96. The van der Waals surface area contributed by atoms with Crippen molar-refractivity contribution in [2.45, 2.75) is 12.6 Å². The number of carbonyl (C=O) groups excluding carboxylic acids is 1. The summed E-state index contributed by atoms with van der Waals surface area (Å²) in [5.74, 6) is -1.14. The zero-order valence-electron chi connectivity index (χ0n) is 11.5. The van der Waals surface area contributed by atoms with Gasteiger partial charge in [-0.05, 0) is 5.56 Å². The molecule has 21 heavy (non-hydrogen) atoms. The Hall–Kier alpha value is -2.83. The van der Waals surface area contributed by atoms with Gasteiger partial charge in [-0.1, -0.05) is 30.3 Å². The molecule has 7 nitrogen and oxygen atoms in total. The fourth-order valence-corrected chi connectivity index (χ4v) is 1.84. The number of aromatic nitrogens is 2. The number of hydrogen-bond acceptors (Lipinski definition) is 3. The minimum absolute atomic E-state index is 0.325. The second-order valence-electron chi connectivity index (χ2n) is 4.53. The molecule has 2 aromatic rings. The van der Waals surface area contributed by atoms with E-state index in [1.54, 1.807) is 13.2 Å². The lowest BCUT2D eigenvalue weighted by atomic mass is 10.1. The van der Waals surface area contributed by atoms with Crippen molar-refractivity contribution in [2.24, 2.45) is 7.05 Å². The monoisotopic (exact) mass is 288 g/mol. The van der Waals surface area contributed by atoms with Crippen molar-refractivity contribution in [2.75, 3.05) is 0 Å². The second-order valence-corrected chi connectivity index (χ2v) is 4.53. The van der Waals surface area contributed by atoms with Gasteiger partial charge in [0.05, 0.1) is 6.20 Å². The molecule has 7 heteroatoms. The van der Waals surface area contributed by atoms with Crippen molar-refractivity contribution in [3.8, 4) is 0 Å². The summed E-state index contributed by atoms with van der Waals surface area (Å²) in [5, 5.41) is 18.1. The molecule has 110 valence electrons. The van der Waals surface area contributed by atoms with Gasteiger partial charge in [-0.15, -0.1) is 0 Å². The van der Waals surface area contributed by atoms with E-state index in [1.807, 2.05) is 30.3 Å². The Labute approximate surface area is 121 Å². The minimum Gasteiger partial charge on any atom is -0.479 e. The van der Waals surface area contributed by atoms with E-state index < -0.39 is 18.0 Å². The van der Waals surface area contributed by atoms with E-state index in [0.29, 0.717) is 12.1 Å². The molecule has 1 atom stereocenters. The first-order valence-corrected chi connectivity index (χ1v) is 6.36. The molecule has 0 spiro atoms. The number of carboxylic acids is 1. The predicted molar refractivity (Wildman–Crippen MR) is 75.4 cm³/mol. The van der Waals surface area contributed by atoms with E-state index in [0.717, 1.165) is 5.56 Å².